The third-order valence-corrected chi connectivity index (χ3v) is 4.87. The number of carbonyl (C=O) groups excluding carboxylic acids is 2. The number of nitrogens with one attached hydrogen (secondary N) is 1. The summed E-state index contributed by atoms with van der Waals surface area (Å²) in [6, 6.07) is 12.8. The fourth-order valence-electron chi connectivity index (χ4n) is 2.16. The molecule has 132 valence electrons. The number of hydrogen-bond acceptors (Lipinski definition) is 4. The zero-order valence-corrected chi connectivity index (χ0v) is 15.9. The summed E-state index contributed by atoms with van der Waals surface area (Å²) in [5.74, 6) is -0.654. The van der Waals surface area contributed by atoms with Gasteiger partial charge in [0.1, 0.15) is 0 Å². The summed E-state index contributed by atoms with van der Waals surface area (Å²) in [4.78, 5) is 25.1. The Hall–Kier alpha value is -1.98. The zero-order valence-electron chi connectivity index (χ0n) is 14.3. The Morgan fingerprint density at radius 3 is 2.48 bits per heavy atom. The zero-order chi connectivity index (χ0) is 18.4. The van der Waals surface area contributed by atoms with Gasteiger partial charge in [-0.15, -0.1) is 11.8 Å². The van der Waals surface area contributed by atoms with Crippen LogP contribution in [0, 0.1) is 13.8 Å². The molecule has 0 saturated carbocycles. The van der Waals surface area contributed by atoms with E-state index in [0.29, 0.717) is 10.7 Å². The van der Waals surface area contributed by atoms with Gasteiger partial charge in [-0.2, -0.15) is 0 Å². The van der Waals surface area contributed by atoms with E-state index in [4.69, 9.17) is 16.3 Å². The lowest BCUT2D eigenvalue weighted by Crippen LogP contribution is -2.30. The highest BCUT2D eigenvalue weighted by molar-refractivity contribution is 8.00. The maximum Gasteiger partial charge on any atom is 0.317 e. The number of ether oxygens (including phenoxy) is 1. The molecule has 0 aliphatic carbocycles. The Bertz CT molecular complexity index is 762. The van der Waals surface area contributed by atoms with E-state index < -0.39 is 12.1 Å². The van der Waals surface area contributed by atoms with Crippen LogP contribution in [0.3, 0.4) is 0 Å². The Labute approximate surface area is 156 Å². The van der Waals surface area contributed by atoms with Crippen LogP contribution in [0.4, 0.5) is 5.69 Å². The number of benzene rings is 2. The van der Waals surface area contributed by atoms with Gasteiger partial charge >= 0.3 is 5.97 Å². The van der Waals surface area contributed by atoms with Crippen molar-refractivity contribution >= 4 is 40.9 Å². The van der Waals surface area contributed by atoms with Gasteiger partial charge in [0.2, 0.25) is 0 Å². The maximum atomic E-state index is 12.1. The summed E-state index contributed by atoms with van der Waals surface area (Å²) >= 11 is 7.20. The molecule has 1 atom stereocenters. The fraction of sp³-hybridized carbons (Fsp3) is 0.263. The summed E-state index contributed by atoms with van der Waals surface area (Å²) in [5.41, 5.74) is 2.89. The third-order valence-electron chi connectivity index (χ3n) is 3.47. The lowest BCUT2D eigenvalue weighted by molar-refractivity contribution is -0.150. The molecule has 2 rings (SSSR count). The van der Waals surface area contributed by atoms with Crippen LogP contribution in [0.25, 0.3) is 0 Å². The molecule has 1 amide bonds. The maximum absolute atomic E-state index is 12.1. The van der Waals surface area contributed by atoms with E-state index in [9.17, 15) is 9.59 Å². The van der Waals surface area contributed by atoms with Crippen molar-refractivity contribution in [3.63, 3.8) is 0 Å². The van der Waals surface area contributed by atoms with Gasteiger partial charge in [-0.25, -0.2) is 0 Å². The van der Waals surface area contributed by atoms with E-state index in [0.717, 1.165) is 10.5 Å². The lowest BCUT2D eigenvalue weighted by atomic mass is 10.2. The van der Waals surface area contributed by atoms with Gasteiger partial charge in [0.25, 0.3) is 5.91 Å². The van der Waals surface area contributed by atoms with Crippen LogP contribution in [-0.4, -0.2) is 23.7 Å². The lowest BCUT2D eigenvalue weighted by Gasteiger charge is -2.14. The molecule has 0 aliphatic heterocycles. The number of rotatable bonds is 6. The molecule has 4 nitrogen and oxygen atoms in total. The minimum absolute atomic E-state index is 0.155. The molecule has 1 N–H and O–H groups in total. The van der Waals surface area contributed by atoms with Crippen LogP contribution in [0.5, 0.6) is 0 Å². The van der Waals surface area contributed by atoms with Crippen molar-refractivity contribution < 1.29 is 14.3 Å². The molecule has 25 heavy (non-hydrogen) atoms. The second-order valence-electron chi connectivity index (χ2n) is 5.69. The molecule has 0 spiro atoms. The van der Waals surface area contributed by atoms with E-state index in [2.05, 4.69) is 11.4 Å². The standard InChI is InChI=1S/C19H20ClNO3S/c1-12-4-9-17(13(2)10-12)25-11-18(22)24-14(3)19(23)21-16-7-5-15(20)6-8-16/h4-10,14H,11H2,1-3H3,(H,21,23)/t14-/m0/s1. The monoisotopic (exact) mass is 377 g/mol. The number of thioether (sulfide) groups is 1. The Morgan fingerprint density at radius 2 is 1.84 bits per heavy atom. The molecular weight excluding hydrogens is 358 g/mol. The molecule has 6 heteroatoms. The van der Waals surface area contributed by atoms with Crippen LogP contribution in [-0.2, 0) is 14.3 Å². The topological polar surface area (TPSA) is 55.4 Å². The minimum atomic E-state index is -0.872. The van der Waals surface area contributed by atoms with Crippen molar-refractivity contribution in [2.45, 2.75) is 31.8 Å². The quantitative estimate of drug-likeness (QED) is 0.589. The van der Waals surface area contributed by atoms with Crippen molar-refractivity contribution in [3.05, 3.63) is 58.6 Å². The van der Waals surface area contributed by atoms with Crippen LogP contribution < -0.4 is 5.32 Å². The number of aryl methyl sites for hydroxylation is 2. The summed E-state index contributed by atoms with van der Waals surface area (Å²) < 4.78 is 5.20. The summed E-state index contributed by atoms with van der Waals surface area (Å²) in [6.07, 6.45) is -0.872. The molecular formula is C19H20ClNO3S. The van der Waals surface area contributed by atoms with Crippen molar-refractivity contribution in [2.75, 3.05) is 11.1 Å². The van der Waals surface area contributed by atoms with Crippen LogP contribution in [0.1, 0.15) is 18.1 Å². The molecule has 2 aromatic rings. The highest BCUT2D eigenvalue weighted by Gasteiger charge is 2.18. The first kappa shape index (κ1) is 19.3. The van der Waals surface area contributed by atoms with Crippen molar-refractivity contribution in [2.24, 2.45) is 0 Å². The number of hydrogen-bond donors (Lipinski definition) is 1. The molecule has 0 aromatic heterocycles. The van der Waals surface area contributed by atoms with Crippen molar-refractivity contribution in [1.82, 2.24) is 0 Å². The molecule has 2 aromatic carbocycles. The third kappa shape index (κ3) is 6.11. The molecule has 0 unspecified atom stereocenters. The number of esters is 1. The molecule has 0 saturated heterocycles. The summed E-state index contributed by atoms with van der Waals surface area (Å²) in [7, 11) is 0. The number of anilines is 1. The molecule has 0 aliphatic rings. The second kappa shape index (κ2) is 8.92. The number of amides is 1. The highest BCUT2D eigenvalue weighted by Crippen LogP contribution is 2.23. The van der Waals surface area contributed by atoms with Gasteiger partial charge in [-0.1, -0.05) is 29.3 Å². The van der Waals surface area contributed by atoms with E-state index in [-0.39, 0.29) is 11.7 Å². The van der Waals surface area contributed by atoms with Crippen molar-refractivity contribution in [3.8, 4) is 0 Å². The van der Waals surface area contributed by atoms with E-state index in [1.165, 1.54) is 17.3 Å². The van der Waals surface area contributed by atoms with Crippen LogP contribution >= 0.6 is 23.4 Å². The van der Waals surface area contributed by atoms with Gasteiger partial charge in [0.05, 0.1) is 5.75 Å². The molecule has 0 heterocycles. The van der Waals surface area contributed by atoms with Gasteiger partial charge in [-0.05, 0) is 56.7 Å². The van der Waals surface area contributed by atoms with Gasteiger partial charge in [0, 0.05) is 15.6 Å². The van der Waals surface area contributed by atoms with Crippen LogP contribution in [0.15, 0.2) is 47.4 Å². The van der Waals surface area contributed by atoms with Gasteiger partial charge in [0.15, 0.2) is 6.10 Å². The van der Waals surface area contributed by atoms with E-state index >= 15 is 0 Å². The summed E-state index contributed by atoms with van der Waals surface area (Å²) in [6.45, 7) is 5.57. The molecule has 0 radical (unpaired) electrons. The fourth-order valence-corrected chi connectivity index (χ4v) is 3.08. The normalized spacial score (nSPS) is 11.7. The largest absolute Gasteiger partial charge is 0.452 e. The molecule has 0 fully saturated rings. The van der Waals surface area contributed by atoms with Crippen LogP contribution in [0.2, 0.25) is 5.02 Å². The average molecular weight is 378 g/mol. The Kier molecular flexibility index (Phi) is 6.91. The smallest absolute Gasteiger partial charge is 0.317 e. The number of carbonyl (C=O) groups is 2. The van der Waals surface area contributed by atoms with Gasteiger partial charge < -0.3 is 10.1 Å². The highest BCUT2D eigenvalue weighted by atomic mass is 35.5. The first-order valence-corrected chi connectivity index (χ1v) is 9.17. The Morgan fingerprint density at radius 1 is 1.16 bits per heavy atom. The average Bonchev–Trinajstić information content (AvgIpc) is 2.56. The van der Waals surface area contributed by atoms with E-state index in [1.54, 1.807) is 31.2 Å². The van der Waals surface area contributed by atoms with E-state index in [1.807, 2.05) is 26.0 Å². The number of halogens is 1. The predicted molar refractivity (Wildman–Crippen MR) is 102 cm³/mol. The molecule has 0 bridgehead atoms. The van der Waals surface area contributed by atoms with Gasteiger partial charge in [-0.3, -0.25) is 9.59 Å². The predicted octanol–water partition coefficient (Wildman–Crippen LogP) is 4.62. The van der Waals surface area contributed by atoms with Crippen molar-refractivity contribution in [1.29, 1.82) is 0 Å². The minimum Gasteiger partial charge on any atom is -0.452 e. The first-order chi connectivity index (χ1) is 11.8. The summed E-state index contributed by atoms with van der Waals surface area (Å²) in [5, 5.41) is 3.27. The second-order valence-corrected chi connectivity index (χ2v) is 7.14. The Balaban J connectivity index is 1.82. The first-order valence-electron chi connectivity index (χ1n) is 7.81. The SMILES string of the molecule is Cc1ccc(SCC(=O)O[C@@H](C)C(=O)Nc2ccc(Cl)cc2)c(C)c1.